The zero-order valence-corrected chi connectivity index (χ0v) is 12.3. The summed E-state index contributed by atoms with van der Waals surface area (Å²) in [5.74, 6) is -0.206. The van der Waals surface area contributed by atoms with E-state index < -0.39 is 17.3 Å². The summed E-state index contributed by atoms with van der Waals surface area (Å²) >= 11 is 0. The van der Waals surface area contributed by atoms with Crippen LogP contribution in [0, 0.1) is 6.92 Å². The second-order valence-corrected chi connectivity index (χ2v) is 5.71. The number of nitrogens with one attached hydrogen (secondary N) is 1. The Kier molecular flexibility index (Phi) is 3.63. The lowest BCUT2D eigenvalue weighted by molar-refractivity contribution is 0.0635. The maximum atomic E-state index is 11.8. The van der Waals surface area contributed by atoms with E-state index in [1.807, 2.05) is 0 Å². The van der Waals surface area contributed by atoms with Gasteiger partial charge in [0.2, 0.25) is 0 Å². The highest BCUT2D eigenvalue weighted by molar-refractivity contribution is 6.00. The topological polar surface area (TPSA) is 88.8 Å². The van der Waals surface area contributed by atoms with Gasteiger partial charge in [-0.3, -0.25) is 5.32 Å². The third-order valence-electron chi connectivity index (χ3n) is 2.72. The van der Waals surface area contributed by atoms with Crippen LogP contribution >= 0.6 is 0 Å². The van der Waals surface area contributed by atoms with Gasteiger partial charge in [-0.05, 0) is 45.4 Å². The van der Waals surface area contributed by atoms with Crippen LogP contribution in [-0.4, -0.2) is 16.8 Å². The quantitative estimate of drug-likeness (QED) is 0.622. The van der Waals surface area contributed by atoms with Crippen LogP contribution in [0.15, 0.2) is 27.4 Å². The number of rotatable bonds is 1. The molecule has 6 heteroatoms. The van der Waals surface area contributed by atoms with Crippen molar-refractivity contribution in [3.05, 3.63) is 34.2 Å². The van der Waals surface area contributed by atoms with E-state index in [0.717, 1.165) is 0 Å². The Bertz CT molecular complexity index is 755. The van der Waals surface area contributed by atoms with E-state index in [4.69, 9.17) is 9.15 Å². The Morgan fingerprint density at radius 1 is 1.33 bits per heavy atom. The van der Waals surface area contributed by atoms with Crippen molar-refractivity contribution in [2.75, 3.05) is 5.32 Å². The highest BCUT2D eigenvalue weighted by Crippen LogP contribution is 2.33. The fourth-order valence-electron chi connectivity index (χ4n) is 1.90. The molecular formula is C15H17NO5. The van der Waals surface area contributed by atoms with Crippen molar-refractivity contribution in [3.63, 3.8) is 0 Å². The monoisotopic (exact) mass is 291 g/mol. The predicted octanol–water partition coefficient (Wildman–Crippen LogP) is 3.15. The van der Waals surface area contributed by atoms with E-state index in [1.165, 1.54) is 12.1 Å². The van der Waals surface area contributed by atoms with Gasteiger partial charge < -0.3 is 14.3 Å². The lowest BCUT2D eigenvalue weighted by Crippen LogP contribution is -2.27. The predicted molar refractivity (Wildman–Crippen MR) is 78.7 cm³/mol. The van der Waals surface area contributed by atoms with E-state index in [-0.39, 0.29) is 17.0 Å². The molecule has 0 atom stereocenters. The molecule has 0 saturated heterocycles. The molecule has 2 aromatic rings. The van der Waals surface area contributed by atoms with Crippen molar-refractivity contribution in [3.8, 4) is 5.75 Å². The molecule has 1 heterocycles. The van der Waals surface area contributed by atoms with Crippen LogP contribution in [0.4, 0.5) is 10.5 Å². The van der Waals surface area contributed by atoms with E-state index in [9.17, 15) is 14.7 Å². The number of benzene rings is 1. The Morgan fingerprint density at radius 2 is 2.00 bits per heavy atom. The average Bonchev–Trinajstić information content (AvgIpc) is 2.30. The minimum Gasteiger partial charge on any atom is -0.506 e. The number of hydrogen-bond donors (Lipinski definition) is 2. The highest BCUT2D eigenvalue weighted by Gasteiger charge is 2.20. The molecule has 1 amide bonds. The minimum absolute atomic E-state index is 0.0163. The van der Waals surface area contributed by atoms with Gasteiger partial charge in [0.1, 0.15) is 17.0 Å². The van der Waals surface area contributed by atoms with Gasteiger partial charge >= 0.3 is 11.7 Å². The Morgan fingerprint density at radius 3 is 2.62 bits per heavy atom. The van der Waals surface area contributed by atoms with Crippen LogP contribution in [0.25, 0.3) is 11.0 Å². The van der Waals surface area contributed by atoms with Crippen molar-refractivity contribution >= 4 is 22.7 Å². The van der Waals surface area contributed by atoms with Crippen LogP contribution in [-0.2, 0) is 4.74 Å². The summed E-state index contributed by atoms with van der Waals surface area (Å²) in [6.07, 6.45) is -0.741. The number of hydrogen-bond acceptors (Lipinski definition) is 5. The van der Waals surface area contributed by atoms with E-state index in [1.54, 1.807) is 33.8 Å². The standard InChI is InChI=1S/C15H17NO5/c1-8-7-11(18)20-13-9(8)5-6-10(17)12(13)16-14(19)21-15(2,3)4/h5-7,17H,1-4H3,(H,16,19). The molecule has 2 rings (SSSR count). The van der Waals surface area contributed by atoms with E-state index in [0.29, 0.717) is 10.9 Å². The summed E-state index contributed by atoms with van der Waals surface area (Å²) in [7, 11) is 0. The molecule has 0 bridgehead atoms. The molecule has 0 spiro atoms. The van der Waals surface area contributed by atoms with Crippen molar-refractivity contribution in [1.82, 2.24) is 0 Å². The molecular weight excluding hydrogens is 274 g/mol. The number of aromatic hydroxyl groups is 1. The fourth-order valence-corrected chi connectivity index (χ4v) is 1.90. The summed E-state index contributed by atoms with van der Waals surface area (Å²) < 4.78 is 10.2. The molecule has 0 fully saturated rings. The number of carbonyl (C=O) groups excluding carboxylic acids is 1. The van der Waals surface area contributed by atoms with Crippen LogP contribution in [0.3, 0.4) is 0 Å². The third kappa shape index (κ3) is 3.34. The molecule has 1 aromatic heterocycles. The summed E-state index contributed by atoms with van der Waals surface area (Å²) in [5.41, 5.74) is -0.416. The zero-order chi connectivity index (χ0) is 15.8. The van der Waals surface area contributed by atoms with Crippen molar-refractivity contribution in [2.24, 2.45) is 0 Å². The number of phenols is 1. The molecule has 6 nitrogen and oxygen atoms in total. The molecule has 0 aliphatic rings. The summed E-state index contributed by atoms with van der Waals surface area (Å²) in [4.78, 5) is 23.3. The number of amides is 1. The van der Waals surface area contributed by atoms with Crippen molar-refractivity contribution in [2.45, 2.75) is 33.3 Å². The number of anilines is 1. The molecule has 0 saturated carbocycles. The number of carbonyl (C=O) groups is 1. The first-order chi connectivity index (χ1) is 9.67. The normalized spacial score (nSPS) is 11.4. The van der Waals surface area contributed by atoms with Gasteiger partial charge in [0.05, 0.1) is 0 Å². The van der Waals surface area contributed by atoms with Gasteiger partial charge in [-0.1, -0.05) is 0 Å². The summed E-state index contributed by atoms with van der Waals surface area (Å²) in [6, 6.07) is 4.38. The van der Waals surface area contributed by atoms with E-state index in [2.05, 4.69) is 5.32 Å². The average molecular weight is 291 g/mol. The lowest BCUT2D eigenvalue weighted by atomic mass is 10.1. The molecule has 0 unspecified atom stereocenters. The third-order valence-corrected chi connectivity index (χ3v) is 2.72. The van der Waals surface area contributed by atoms with Gasteiger partial charge in [-0.2, -0.15) is 0 Å². The Hall–Kier alpha value is -2.50. The number of ether oxygens (including phenoxy) is 1. The highest BCUT2D eigenvalue weighted by atomic mass is 16.6. The first kappa shape index (κ1) is 14.9. The largest absolute Gasteiger partial charge is 0.506 e. The van der Waals surface area contributed by atoms with Crippen LogP contribution < -0.4 is 10.9 Å². The molecule has 1 aromatic carbocycles. The van der Waals surface area contributed by atoms with Gasteiger partial charge in [0.25, 0.3) is 0 Å². The molecule has 2 N–H and O–H groups in total. The first-order valence-corrected chi connectivity index (χ1v) is 6.44. The molecule has 0 aliphatic heterocycles. The van der Waals surface area contributed by atoms with Crippen molar-refractivity contribution in [1.29, 1.82) is 0 Å². The summed E-state index contributed by atoms with van der Waals surface area (Å²) in [5, 5.41) is 12.9. The number of phenolic OH excluding ortho intramolecular Hbond substituents is 1. The smallest absolute Gasteiger partial charge is 0.412 e. The molecule has 0 aliphatic carbocycles. The molecule has 112 valence electrons. The van der Waals surface area contributed by atoms with Crippen LogP contribution in [0.5, 0.6) is 5.75 Å². The molecule has 21 heavy (non-hydrogen) atoms. The number of fused-ring (bicyclic) bond motifs is 1. The summed E-state index contributed by atoms with van der Waals surface area (Å²) in [6.45, 7) is 6.91. The van der Waals surface area contributed by atoms with Gasteiger partial charge in [0, 0.05) is 11.5 Å². The maximum absolute atomic E-state index is 11.8. The Balaban J connectivity index is 2.50. The molecule has 0 radical (unpaired) electrons. The van der Waals surface area contributed by atoms with Gasteiger partial charge in [-0.25, -0.2) is 9.59 Å². The lowest BCUT2D eigenvalue weighted by Gasteiger charge is -2.20. The van der Waals surface area contributed by atoms with E-state index >= 15 is 0 Å². The van der Waals surface area contributed by atoms with Gasteiger partial charge in [0.15, 0.2) is 5.58 Å². The zero-order valence-electron chi connectivity index (χ0n) is 12.3. The SMILES string of the molecule is Cc1cc(=O)oc2c(NC(=O)OC(C)(C)C)c(O)ccc12. The first-order valence-electron chi connectivity index (χ1n) is 6.44. The second-order valence-electron chi connectivity index (χ2n) is 5.71. The fraction of sp³-hybridized carbons (Fsp3) is 0.333. The second kappa shape index (κ2) is 5.12. The number of aryl methyl sites for hydroxylation is 1. The van der Waals surface area contributed by atoms with Crippen LogP contribution in [0.1, 0.15) is 26.3 Å². The van der Waals surface area contributed by atoms with Crippen molar-refractivity contribution < 1.29 is 19.1 Å². The maximum Gasteiger partial charge on any atom is 0.412 e. The Labute approximate surface area is 121 Å². The minimum atomic E-state index is -0.741. The van der Waals surface area contributed by atoms with Crippen LogP contribution in [0.2, 0.25) is 0 Å². The van der Waals surface area contributed by atoms with Gasteiger partial charge in [-0.15, -0.1) is 0 Å².